The number of rotatable bonds is 5. The van der Waals surface area contributed by atoms with Crippen LogP contribution in [-0.4, -0.2) is 26.6 Å². The van der Waals surface area contributed by atoms with Crippen molar-refractivity contribution in [1.82, 2.24) is 9.97 Å². The Hall–Kier alpha value is -2.24. The van der Waals surface area contributed by atoms with Crippen LogP contribution >= 0.6 is 0 Å². The Morgan fingerprint density at radius 2 is 2.15 bits per heavy atom. The van der Waals surface area contributed by atoms with E-state index >= 15 is 0 Å². The highest BCUT2D eigenvalue weighted by Gasteiger charge is 2.21. The first-order valence-corrected chi connectivity index (χ1v) is 6.28. The topological polar surface area (TPSA) is 75.1 Å². The van der Waals surface area contributed by atoms with Crippen LogP contribution in [0.15, 0.2) is 24.5 Å². The Bertz CT molecular complexity index is 638. The summed E-state index contributed by atoms with van der Waals surface area (Å²) in [4.78, 5) is 18.7. The van der Waals surface area contributed by atoms with E-state index in [1.807, 2.05) is 13.8 Å². The van der Waals surface area contributed by atoms with E-state index in [1.165, 1.54) is 12.4 Å². The number of aromatic nitrogens is 2. The van der Waals surface area contributed by atoms with E-state index in [9.17, 15) is 9.18 Å². The van der Waals surface area contributed by atoms with E-state index in [0.717, 1.165) is 0 Å². The lowest BCUT2D eigenvalue weighted by Gasteiger charge is -2.26. The molecule has 0 fully saturated rings. The standard InChI is InChI=1S/C14H16FN3O2/c1-14(2,7-6-11(19)20)18-13-12-9(15)4-3-5-10(12)16-8-17-13/h3-5,8H,6-7H2,1-2H3,(H,19,20)(H,16,17,18). The number of hydrogen-bond donors (Lipinski definition) is 2. The fourth-order valence-electron chi connectivity index (χ4n) is 1.97. The number of benzene rings is 1. The van der Waals surface area contributed by atoms with E-state index in [0.29, 0.717) is 23.1 Å². The molecular weight excluding hydrogens is 261 g/mol. The average molecular weight is 277 g/mol. The van der Waals surface area contributed by atoms with Crippen LogP contribution in [0.4, 0.5) is 10.2 Å². The van der Waals surface area contributed by atoms with Gasteiger partial charge in [-0.1, -0.05) is 6.07 Å². The van der Waals surface area contributed by atoms with Crippen molar-refractivity contribution in [1.29, 1.82) is 0 Å². The second-order valence-electron chi connectivity index (χ2n) is 5.26. The third-order valence-corrected chi connectivity index (χ3v) is 3.03. The smallest absolute Gasteiger partial charge is 0.303 e. The summed E-state index contributed by atoms with van der Waals surface area (Å²) in [6, 6.07) is 4.64. The molecule has 0 unspecified atom stereocenters. The minimum Gasteiger partial charge on any atom is -0.481 e. The summed E-state index contributed by atoms with van der Waals surface area (Å²) in [5.41, 5.74) is -0.00127. The third-order valence-electron chi connectivity index (χ3n) is 3.03. The van der Waals surface area contributed by atoms with Crippen LogP contribution in [0.5, 0.6) is 0 Å². The third kappa shape index (κ3) is 3.20. The van der Waals surface area contributed by atoms with Gasteiger partial charge in [-0.3, -0.25) is 4.79 Å². The summed E-state index contributed by atoms with van der Waals surface area (Å²) >= 11 is 0. The van der Waals surface area contributed by atoms with Crippen molar-refractivity contribution in [2.75, 3.05) is 5.32 Å². The predicted octanol–water partition coefficient (Wildman–Crippen LogP) is 2.82. The molecule has 0 atom stereocenters. The Kier molecular flexibility index (Phi) is 3.83. The SMILES string of the molecule is CC(C)(CCC(=O)O)Nc1ncnc2cccc(F)c12. The number of halogens is 1. The summed E-state index contributed by atoms with van der Waals surface area (Å²) in [7, 11) is 0. The van der Waals surface area contributed by atoms with Gasteiger partial charge in [0.15, 0.2) is 0 Å². The van der Waals surface area contributed by atoms with E-state index < -0.39 is 17.3 Å². The number of hydrogen-bond acceptors (Lipinski definition) is 4. The molecule has 2 N–H and O–H groups in total. The van der Waals surface area contributed by atoms with Gasteiger partial charge in [-0.2, -0.15) is 0 Å². The number of carbonyl (C=O) groups is 1. The summed E-state index contributed by atoms with van der Waals surface area (Å²) < 4.78 is 13.9. The molecule has 0 aliphatic heterocycles. The molecule has 1 heterocycles. The van der Waals surface area contributed by atoms with Crippen LogP contribution < -0.4 is 5.32 Å². The molecule has 0 radical (unpaired) electrons. The second kappa shape index (κ2) is 5.40. The molecule has 0 amide bonds. The molecule has 0 saturated carbocycles. The van der Waals surface area contributed by atoms with Crippen LogP contribution in [-0.2, 0) is 4.79 Å². The van der Waals surface area contributed by atoms with Gasteiger partial charge < -0.3 is 10.4 Å². The molecule has 1 aromatic heterocycles. The number of nitrogens with zero attached hydrogens (tertiary/aromatic N) is 2. The lowest BCUT2D eigenvalue weighted by atomic mass is 9.98. The normalized spacial score (nSPS) is 11.6. The maximum atomic E-state index is 13.9. The van der Waals surface area contributed by atoms with Gasteiger partial charge in [0.25, 0.3) is 0 Å². The molecule has 1 aromatic carbocycles. The van der Waals surface area contributed by atoms with Gasteiger partial charge in [-0.25, -0.2) is 14.4 Å². The summed E-state index contributed by atoms with van der Waals surface area (Å²) in [5, 5.41) is 12.2. The molecule has 2 aromatic rings. The molecule has 0 bridgehead atoms. The molecular formula is C14H16FN3O2. The van der Waals surface area contributed by atoms with Gasteiger partial charge in [0, 0.05) is 12.0 Å². The van der Waals surface area contributed by atoms with Crippen molar-refractivity contribution >= 4 is 22.7 Å². The first kappa shape index (κ1) is 14.2. The molecule has 20 heavy (non-hydrogen) atoms. The van der Waals surface area contributed by atoms with Gasteiger partial charge in [-0.05, 0) is 32.4 Å². The molecule has 0 saturated heterocycles. The fourth-order valence-corrected chi connectivity index (χ4v) is 1.97. The van der Waals surface area contributed by atoms with Crippen molar-refractivity contribution in [2.45, 2.75) is 32.2 Å². The monoisotopic (exact) mass is 277 g/mol. The van der Waals surface area contributed by atoms with Gasteiger partial charge in [0.1, 0.15) is 18.0 Å². The molecule has 0 aliphatic carbocycles. The predicted molar refractivity (Wildman–Crippen MR) is 74.1 cm³/mol. The first-order valence-electron chi connectivity index (χ1n) is 6.28. The fraction of sp³-hybridized carbons (Fsp3) is 0.357. The van der Waals surface area contributed by atoms with Crippen LogP contribution in [0.3, 0.4) is 0 Å². The Labute approximate surface area is 115 Å². The minimum atomic E-state index is -0.862. The highest BCUT2D eigenvalue weighted by atomic mass is 19.1. The zero-order valence-electron chi connectivity index (χ0n) is 11.4. The Morgan fingerprint density at radius 3 is 2.85 bits per heavy atom. The highest BCUT2D eigenvalue weighted by molar-refractivity contribution is 5.89. The van der Waals surface area contributed by atoms with Crippen molar-refractivity contribution in [3.63, 3.8) is 0 Å². The van der Waals surface area contributed by atoms with Crippen LogP contribution in [0.2, 0.25) is 0 Å². The number of fused-ring (bicyclic) bond motifs is 1. The average Bonchev–Trinajstić information content (AvgIpc) is 2.36. The van der Waals surface area contributed by atoms with Crippen molar-refractivity contribution in [3.8, 4) is 0 Å². The maximum absolute atomic E-state index is 13.9. The molecule has 0 spiro atoms. The molecule has 2 rings (SSSR count). The van der Waals surface area contributed by atoms with E-state index in [4.69, 9.17) is 5.11 Å². The Balaban J connectivity index is 2.32. The van der Waals surface area contributed by atoms with Crippen molar-refractivity contribution in [2.24, 2.45) is 0 Å². The van der Waals surface area contributed by atoms with Gasteiger partial charge in [-0.15, -0.1) is 0 Å². The van der Waals surface area contributed by atoms with Gasteiger partial charge in [0.2, 0.25) is 0 Å². The van der Waals surface area contributed by atoms with Crippen LogP contribution in [0, 0.1) is 5.82 Å². The van der Waals surface area contributed by atoms with E-state index in [1.54, 1.807) is 12.1 Å². The lowest BCUT2D eigenvalue weighted by Crippen LogP contribution is -2.32. The Morgan fingerprint density at radius 1 is 1.40 bits per heavy atom. The van der Waals surface area contributed by atoms with Crippen LogP contribution in [0.25, 0.3) is 10.9 Å². The largest absolute Gasteiger partial charge is 0.481 e. The number of anilines is 1. The van der Waals surface area contributed by atoms with Gasteiger partial charge >= 0.3 is 5.97 Å². The number of aliphatic carboxylic acids is 1. The summed E-state index contributed by atoms with van der Waals surface area (Å²) in [6.07, 6.45) is 1.80. The first-order chi connectivity index (χ1) is 9.39. The second-order valence-corrected chi connectivity index (χ2v) is 5.26. The summed E-state index contributed by atoms with van der Waals surface area (Å²) in [6.45, 7) is 3.70. The number of carboxylic acid groups (broad SMARTS) is 1. The van der Waals surface area contributed by atoms with E-state index in [2.05, 4.69) is 15.3 Å². The van der Waals surface area contributed by atoms with Crippen molar-refractivity contribution < 1.29 is 14.3 Å². The van der Waals surface area contributed by atoms with Crippen LogP contribution in [0.1, 0.15) is 26.7 Å². The molecule has 5 nitrogen and oxygen atoms in total. The minimum absolute atomic E-state index is 0.0332. The summed E-state index contributed by atoms with van der Waals surface area (Å²) in [5.74, 6) is -0.887. The van der Waals surface area contributed by atoms with Crippen molar-refractivity contribution in [3.05, 3.63) is 30.3 Å². The number of nitrogens with one attached hydrogen (secondary N) is 1. The zero-order chi connectivity index (χ0) is 14.8. The van der Waals surface area contributed by atoms with E-state index in [-0.39, 0.29) is 6.42 Å². The highest BCUT2D eigenvalue weighted by Crippen LogP contribution is 2.26. The molecule has 106 valence electrons. The van der Waals surface area contributed by atoms with Gasteiger partial charge in [0.05, 0.1) is 10.9 Å². The quantitative estimate of drug-likeness (QED) is 0.879. The lowest BCUT2D eigenvalue weighted by molar-refractivity contribution is -0.137. The molecule has 6 heteroatoms. The maximum Gasteiger partial charge on any atom is 0.303 e. The molecule has 0 aliphatic rings. The number of carboxylic acids is 1. The zero-order valence-corrected chi connectivity index (χ0v) is 11.4.